The number of anilines is 1. The van der Waals surface area contributed by atoms with E-state index >= 15 is 0 Å². The summed E-state index contributed by atoms with van der Waals surface area (Å²) in [5.41, 5.74) is 0.221. The molecule has 0 aliphatic rings. The third-order valence-corrected chi connectivity index (χ3v) is 4.13. The van der Waals surface area contributed by atoms with Gasteiger partial charge in [-0.15, -0.1) is 0 Å². The van der Waals surface area contributed by atoms with E-state index < -0.39 is 23.8 Å². The number of aryl methyl sites for hydroxylation is 1. The van der Waals surface area contributed by atoms with Crippen LogP contribution in [0, 0.1) is 12.7 Å². The second-order valence-corrected chi connectivity index (χ2v) is 5.92. The van der Waals surface area contributed by atoms with Gasteiger partial charge in [0, 0.05) is 17.0 Å². The molecule has 0 radical (unpaired) electrons. The molecule has 4 nitrogen and oxygen atoms in total. The largest absolute Gasteiger partial charge is 0.497 e. The van der Waals surface area contributed by atoms with Gasteiger partial charge in [-0.05, 0) is 26.0 Å². The van der Waals surface area contributed by atoms with E-state index in [-0.39, 0.29) is 5.56 Å². The number of methoxy groups -OCH3 is 1. The van der Waals surface area contributed by atoms with Gasteiger partial charge in [-0.25, -0.2) is 23.1 Å². The van der Waals surface area contributed by atoms with E-state index in [0.29, 0.717) is 22.9 Å². The molecule has 1 heterocycles. The Labute approximate surface area is 149 Å². The Bertz CT molecular complexity index is 947. The highest BCUT2D eigenvalue weighted by molar-refractivity contribution is 5.90. The molecule has 0 amide bonds. The van der Waals surface area contributed by atoms with Gasteiger partial charge in [0.15, 0.2) is 0 Å². The van der Waals surface area contributed by atoms with E-state index in [4.69, 9.17) is 4.74 Å². The number of hydrogen-bond acceptors (Lipinski definition) is 4. The van der Waals surface area contributed by atoms with Crippen molar-refractivity contribution < 1.29 is 17.9 Å². The Hall–Kier alpha value is -2.83. The van der Waals surface area contributed by atoms with Gasteiger partial charge in [0.2, 0.25) is 0 Å². The van der Waals surface area contributed by atoms with Crippen molar-refractivity contribution in [3.63, 3.8) is 0 Å². The van der Waals surface area contributed by atoms with E-state index in [9.17, 15) is 13.2 Å². The number of benzene rings is 2. The van der Waals surface area contributed by atoms with Gasteiger partial charge in [-0.2, -0.15) is 0 Å². The van der Waals surface area contributed by atoms with Crippen LogP contribution >= 0.6 is 0 Å². The summed E-state index contributed by atoms with van der Waals surface area (Å²) in [6.45, 7) is 3.44. The van der Waals surface area contributed by atoms with Gasteiger partial charge in [-0.3, -0.25) is 0 Å². The van der Waals surface area contributed by atoms with Gasteiger partial charge < -0.3 is 10.1 Å². The van der Waals surface area contributed by atoms with Crippen molar-refractivity contribution in [2.24, 2.45) is 0 Å². The van der Waals surface area contributed by atoms with Crippen LogP contribution in [-0.2, 0) is 0 Å². The fraction of sp³-hybridized carbons (Fsp3) is 0.263. The zero-order valence-electron chi connectivity index (χ0n) is 14.6. The predicted molar refractivity (Wildman–Crippen MR) is 94.2 cm³/mol. The maximum absolute atomic E-state index is 14.4. The number of fused-ring (bicyclic) bond motifs is 1. The first-order chi connectivity index (χ1) is 12.4. The molecule has 7 heteroatoms. The molecular weight excluding hydrogens is 343 g/mol. The summed E-state index contributed by atoms with van der Waals surface area (Å²) in [5.74, 6) is 0.788. The molecule has 1 atom stereocenters. The van der Waals surface area contributed by atoms with Gasteiger partial charge in [0.25, 0.3) is 6.43 Å². The van der Waals surface area contributed by atoms with E-state index in [2.05, 4.69) is 15.3 Å². The number of alkyl halides is 2. The fourth-order valence-corrected chi connectivity index (χ4v) is 2.82. The summed E-state index contributed by atoms with van der Waals surface area (Å²) in [7, 11) is 1.56. The molecule has 26 heavy (non-hydrogen) atoms. The van der Waals surface area contributed by atoms with Crippen molar-refractivity contribution >= 4 is 16.7 Å². The van der Waals surface area contributed by atoms with Gasteiger partial charge in [0.05, 0.1) is 24.2 Å². The van der Waals surface area contributed by atoms with Crippen LogP contribution in [0.1, 0.15) is 36.3 Å². The molecule has 1 N–H and O–H groups in total. The Balaban J connectivity index is 2.00. The zero-order chi connectivity index (χ0) is 18.8. The van der Waals surface area contributed by atoms with Crippen LogP contribution < -0.4 is 10.1 Å². The SMILES string of the molecule is COc1ccc2c(NC(C)c3cccc(C(F)F)c3F)nc(C)nc2c1. The molecular formula is C19H18F3N3O. The maximum Gasteiger partial charge on any atom is 0.266 e. The number of halogens is 3. The van der Waals surface area contributed by atoms with Crippen molar-refractivity contribution in [2.45, 2.75) is 26.3 Å². The third kappa shape index (κ3) is 3.42. The topological polar surface area (TPSA) is 47.0 Å². The van der Waals surface area contributed by atoms with Gasteiger partial charge in [-0.1, -0.05) is 18.2 Å². The molecule has 0 saturated heterocycles. The molecule has 3 aromatic rings. The number of hydrogen-bond donors (Lipinski definition) is 1. The normalized spacial score (nSPS) is 12.4. The quantitative estimate of drug-likeness (QED) is 0.679. The molecule has 1 unspecified atom stereocenters. The molecule has 0 saturated carbocycles. The highest BCUT2D eigenvalue weighted by atomic mass is 19.3. The van der Waals surface area contributed by atoms with Crippen LogP contribution in [0.15, 0.2) is 36.4 Å². The lowest BCUT2D eigenvalue weighted by atomic mass is 10.0. The third-order valence-electron chi connectivity index (χ3n) is 4.13. The summed E-state index contributed by atoms with van der Waals surface area (Å²) in [6.07, 6.45) is -2.86. The summed E-state index contributed by atoms with van der Waals surface area (Å²) in [6, 6.07) is 8.78. The van der Waals surface area contributed by atoms with Crippen molar-refractivity contribution in [1.29, 1.82) is 0 Å². The lowest BCUT2D eigenvalue weighted by molar-refractivity contribution is 0.146. The minimum Gasteiger partial charge on any atom is -0.497 e. The van der Waals surface area contributed by atoms with E-state index in [1.165, 1.54) is 12.1 Å². The van der Waals surface area contributed by atoms with Crippen molar-refractivity contribution in [1.82, 2.24) is 9.97 Å². The molecule has 1 aromatic heterocycles. The fourth-order valence-electron chi connectivity index (χ4n) is 2.82. The highest BCUT2D eigenvalue weighted by Gasteiger charge is 2.20. The Morgan fingerprint density at radius 2 is 1.81 bits per heavy atom. The van der Waals surface area contributed by atoms with Crippen LogP contribution in [0.2, 0.25) is 0 Å². The van der Waals surface area contributed by atoms with Crippen LogP contribution in [0.25, 0.3) is 10.9 Å². The molecule has 2 aromatic carbocycles. The summed E-state index contributed by atoms with van der Waals surface area (Å²) >= 11 is 0. The van der Waals surface area contributed by atoms with E-state index in [0.717, 1.165) is 11.5 Å². The summed E-state index contributed by atoms with van der Waals surface area (Å²) in [4.78, 5) is 8.75. The second-order valence-electron chi connectivity index (χ2n) is 5.92. The summed E-state index contributed by atoms with van der Waals surface area (Å²) in [5, 5.41) is 3.84. The molecule has 0 fully saturated rings. The van der Waals surface area contributed by atoms with E-state index in [1.807, 2.05) is 0 Å². The second kappa shape index (κ2) is 7.19. The maximum atomic E-state index is 14.4. The number of ether oxygens (including phenoxy) is 1. The Morgan fingerprint density at radius 1 is 1.08 bits per heavy atom. The van der Waals surface area contributed by atoms with Crippen molar-refractivity contribution in [2.75, 3.05) is 12.4 Å². The molecule has 0 aliphatic carbocycles. The first-order valence-corrected chi connectivity index (χ1v) is 8.06. The molecule has 0 bridgehead atoms. The van der Waals surface area contributed by atoms with Crippen LogP contribution in [0.3, 0.4) is 0 Å². The van der Waals surface area contributed by atoms with E-state index in [1.54, 1.807) is 39.2 Å². The average Bonchev–Trinajstić information content (AvgIpc) is 2.60. The first kappa shape index (κ1) is 18.0. The predicted octanol–water partition coefficient (Wildman–Crippen LogP) is 5.20. The van der Waals surface area contributed by atoms with Gasteiger partial charge >= 0.3 is 0 Å². The molecule has 136 valence electrons. The first-order valence-electron chi connectivity index (χ1n) is 8.06. The summed E-state index contributed by atoms with van der Waals surface area (Å²) < 4.78 is 45.5. The average molecular weight is 361 g/mol. The molecule has 0 spiro atoms. The van der Waals surface area contributed by atoms with Crippen molar-refractivity contribution in [3.05, 3.63) is 59.2 Å². The zero-order valence-corrected chi connectivity index (χ0v) is 14.6. The molecule has 0 aliphatic heterocycles. The number of nitrogens with zero attached hydrogens (tertiary/aromatic N) is 2. The minimum atomic E-state index is -2.86. The molecule has 3 rings (SSSR count). The Morgan fingerprint density at radius 3 is 2.50 bits per heavy atom. The van der Waals surface area contributed by atoms with Crippen LogP contribution in [-0.4, -0.2) is 17.1 Å². The smallest absolute Gasteiger partial charge is 0.266 e. The number of rotatable bonds is 5. The Kier molecular flexibility index (Phi) is 4.97. The lowest BCUT2D eigenvalue weighted by Gasteiger charge is -2.18. The van der Waals surface area contributed by atoms with Gasteiger partial charge in [0.1, 0.15) is 23.2 Å². The monoisotopic (exact) mass is 361 g/mol. The number of nitrogens with one attached hydrogen (secondary N) is 1. The van der Waals surface area contributed by atoms with Crippen molar-refractivity contribution in [3.8, 4) is 5.75 Å². The highest BCUT2D eigenvalue weighted by Crippen LogP contribution is 2.31. The number of aromatic nitrogens is 2. The van der Waals surface area contributed by atoms with Crippen LogP contribution in [0.4, 0.5) is 19.0 Å². The standard InChI is InChI=1S/C19H18F3N3O/c1-10(13-5-4-6-15(17(13)20)18(21)22)23-19-14-8-7-12(26-3)9-16(14)24-11(2)25-19/h4-10,18H,1-3H3,(H,23,24,25). The minimum absolute atomic E-state index is 0.153. The van der Waals surface area contributed by atoms with Crippen LogP contribution in [0.5, 0.6) is 5.75 Å². The lowest BCUT2D eigenvalue weighted by Crippen LogP contribution is -2.12.